The van der Waals surface area contributed by atoms with Crippen LogP contribution in [0.25, 0.3) is 0 Å². The van der Waals surface area contributed by atoms with E-state index in [0.717, 1.165) is 16.9 Å². The number of carbonyl (C=O) groups is 9. The molecule has 0 spiro atoms. The Balaban J connectivity index is -0.000000103. The van der Waals surface area contributed by atoms with Crippen LogP contribution in [0.4, 0.5) is 17.6 Å². The number of nitrogens with zero attached hydrogens (tertiary/aromatic N) is 6. The first-order valence-electron chi connectivity index (χ1n) is 19.1. The molecule has 31 heteroatoms. The van der Waals surface area contributed by atoms with Gasteiger partial charge in [0.05, 0.1) is 37.0 Å². The number of nitrogens with two attached hydrogens (primary N) is 2. The summed E-state index contributed by atoms with van der Waals surface area (Å²) in [5.74, 6) is -2.11. The van der Waals surface area contributed by atoms with Crippen molar-refractivity contribution in [2.75, 3.05) is 60.1 Å². The number of hydrazine groups is 1. The van der Waals surface area contributed by atoms with Crippen LogP contribution in [-0.2, 0) is 57.4 Å². The van der Waals surface area contributed by atoms with Gasteiger partial charge in [0.25, 0.3) is 23.9 Å². The summed E-state index contributed by atoms with van der Waals surface area (Å²) < 4.78 is 64.1. The van der Waals surface area contributed by atoms with Gasteiger partial charge in [-0.05, 0) is 55.5 Å². The summed E-state index contributed by atoms with van der Waals surface area (Å²) in [6, 6.07) is 0. The molecule has 0 bridgehead atoms. The number of esters is 3. The third kappa shape index (κ3) is 35.9. The molecule has 0 saturated heterocycles. The molecule has 24 nitrogen and oxygen atoms in total. The number of amides is 4. The van der Waals surface area contributed by atoms with E-state index in [1.807, 2.05) is 13.8 Å². The van der Waals surface area contributed by atoms with Crippen molar-refractivity contribution in [2.24, 2.45) is 26.9 Å². The third-order valence-corrected chi connectivity index (χ3v) is 6.19. The Hall–Kier alpha value is -2.13. The van der Waals surface area contributed by atoms with Gasteiger partial charge in [-0.25, -0.2) is 42.8 Å². The van der Waals surface area contributed by atoms with Gasteiger partial charge in [-0.1, -0.05) is 21.3 Å². The summed E-state index contributed by atoms with van der Waals surface area (Å²) in [7, 11) is 2.94. The van der Waals surface area contributed by atoms with Crippen LogP contribution in [0.1, 0.15) is 69.7 Å². The van der Waals surface area contributed by atoms with Gasteiger partial charge in [-0.2, -0.15) is 15.3 Å². The van der Waals surface area contributed by atoms with Crippen LogP contribution in [0.2, 0.25) is 0 Å². The van der Waals surface area contributed by atoms with Crippen molar-refractivity contribution in [3.05, 3.63) is 0 Å². The van der Waals surface area contributed by atoms with E-state index in [4.69, 9.17) is 10.9 Å². The van der Waals surface area contributed by atoms with E-state index in [1.165, 1.54) is 98.0 Å². The number of carboxylic acids is 1. The van der Waals surface area contributed by atoms with Gasteiger partial charge in [0.1, 0.15) is 26.2 Å². The van der Waals surface area contributed by atoms with E-state index in [9.17, 15) is 60.7 Å². The van der Waals surface area contributed by atoms with Gasteiger partial charge in [-0.15, -0.1) is 0 Å². The van der Waals surface area contributed by atoms with E-state index in [0.29, 0.717) is 11.6 Å². The standard InChI is InChI=1S/C8H11FN2O3.C7H10FN3O2.C6H7FN2O3.C6H9FO3.C4H10N2O2.C2H6.CH5N.CH4.2K.Li.H2O/c1-3-14-6(12)4-11-8(13)7(9)5(2)10-11;1-4-6(8)7(13)11(10-4)3-5(12)9-2;1-3-5(7)6(12)9(8-3)2-4(10)11;1-3-10-6(9)5(7)4(2)8;1-2-8-4(7)3-6-5;2*1-2;;;;;/h7H,3-4H2,1-2H3;6H,3H2,1-2H3,(H,9,12);5H,2H2,1H3,(H,10,11);5H,3H2,1-2H3;6H,2-3,5H2,1H3;1-2H3;2H2,1H3;1H4;;;;1H2/q;;;;;;;;;;+1;/p-1. The van der Waals surface area contributed by atoms with E-state index in [2.05, 4.69) is 46.0 Å². The van der Waals surface area contributed by atoms with Crippen molar-refractivity contribution < 1.29 is 104 Å². The number of hydrazone groups is 3. The predicted octanol–water partition coefficient (Wildman–Crippen LogP) is -4.19. The normalized spacial score (nSPS) is 16.1. The van der Waals surface area contributed by atoms with Crippen LogP contribution in [0.3, 0.4) is 0 Å². The molecular weight excluding hydrogens is 946 g/mol. The monoisotopic (exact) mass is 1010 g/mol. The summed E-state index contributed by atoms with van der Waals surface area (Å²) in [6.45, 7) is 13.7. The number of ketones is 1. The van der Waals surface area contributed by atoms with Crippen molar-refractivity contribution in [1.82, 2.24) is 25.8 Å². The Morgan fingerprint density at radius 3 is 1.30 bits per heavy atom. The van der Waals surface area contributed by atoms with E-state index >= 15 is 0 Å². The van der Waals surface area contributed by atoms with Gasteiger partial charge in [-0.3, -0.25) is 44.2 Å². The smallest absolute Gasteiger partial charge is 0.870 e. The summed E-state index contributed by atoms with van der Waals surface area (Å²) in [6.07, 6.45) is -7.29. The average molecular weight is 1010 g/mol. The number of Topliss-reactive ketones (excluding diaryl/α,β-unsaturated/α-hetero) is 1. The molecule has 0 saturated carbocycles. The number of hydrogen-bond acceptors (Lipinski definition) is 19. The van der Waals surface area contributed by atoms with Crippen LogP contribution < -0.4 is 41.2 Å². The van der Waals surface area contributed by atoms with Gasteiger partial charge in [0.15, 0.2) is 5.78 Å². The zero-order chi connectivity index (χ0) is 50.6. The molecule has 0 aromatic carbocycles. The topological polar surface area (TPSA) is 354 Å². The van der Waals surface area contributed by atoms with Crippen LogP contribution in [0, 0.1) is 0 Å². The fourth-order valence-electron chi connectivity index (χ4n) is 3.49. The van der Waals surface area contributed by atoms with Crippen molar-refractivity contribution in [3.8, 4) is 0 Å². The maximum Gasteiger partial charge on any atom is 1.00 e. The fourth-order valence-corrected chi connectivity index (χ4v) is 3.49. The van der Waals surface area contributed by atoms with Crippen LogP contribution in [0.5, 0.6) is 0 Å². The summed E-state index contributed by atoms with van der Waals surface area (Å²) in [5.41, 5.74) is 6.84. The Kier molecular flexibility index (Phi) is 60.4. The molecule has 8 N–H and O–H groups in total. The Labute approximate surface area is 439 Å². The fraction of sp³-hybridized carbons (Fsp3) is 0.657. The molecule has 0 aromatic heterocycles. The molecule has 3 heterocycles. The second-order valence-electron chi connectivity index (χ2n) is 10.8. The summed E-state index contributed by atoms with van der Waals surface area (Å²) >= 11 is 2.50. The minimum Gasteiger partial charge on any atom is -0.870 e. The molecule has 3 aliphatic rings. The molecule has 4 amide bonds. The maximum atomic E-state index is 12.9. The zero-order valence-corrected chi connectivity index (χ0v) is 45.6. The first-order chi connectivity index (χ1) is 29.5. The van der Waals surface area contributed by atoms with Crippen LogP contribution >= 0.6 is 0 Å². The second kappa shape index (κ2) is 49.3. The Bertz CT molecular complexity index is 1570. The number of hydrogen-bond donors (Lipinski definition) is 5. The minimum absolute atomic E-state index is 0. The first kappa shape index (κ1) is 80.9. The minimum atomic E-state index is -2.11. The SMILES string of the molecule is C.CC.CC1=NN(CC(=O)O)C(=O)C1F.CCOC(=O)C(F)C(C)=O.CCOC(=O)CN1N=C(C)C(F)C1=O.CCOC(=O)CNN.CN.CNC(=O)CN1N=C(C)C(F)C1=O.[K][K].[Li+].[OH-]. The number of aliphatic carboxylic acids is 1. The number of likely N-dealkylation sites (N-methyl/N-ethyl adjacent to an activating group) is 1. The number of rotatable bonds is 13. The maximum absolute atomic E-state index is 12.9. The van der Waals surface area contributed by atoms with Gasteiger partial charge < -0.3 is 35.8 Å². The number of alkyl halides is 4. The van der Waals surface area contributed by atoms with Crippen LogP contribution in [0.15, 0.2) is 15.3 Å². The first-order valence-corrected chi connectivity index (χ1v) is 35.1. The van der Waals surface area contributed by atoms with Crippen molar-refractivity contribution in [2.45, 2.75) is 94.4 Å². The number of ether oxygens (including phenoxy) is 3. The third-order valence-electron chi connectivity index (χ3n) is 6.19. The average Bonchev–Trinajstić information content (AvgIpc) is 3.75. The van der Waals surface area contributed by atoms with Crippen LogP contribution in [-0.4, -0.2) is 244 Å². The molecule has 3 aliphatic heterocycles. The summed E-state index contributed by atoms with van der Waals surface area (Å²) in [5, 5.41) is 23.5. The molecule has 4 atom stereocenters. The molecule has 0 aromatic rings. The molecule has 0 fully saturated rings. The Morgan fingerprint density at radius 1 is 0.727 bits per heavy atom. The molecule has 4 unspecified atom stereocenters. The largest absolute Gasteiger partial charge is 1.00 e. The van der Waals surface area contributed by atoms with E-state index in [-0.39, 0.29) is 93.6 Å². The van der Waals surface area contributed by atoms with Crippen molar-refractivity contribution in [1.29, 1.82) is 0 Å². The van der Waals surface area contributed by atoms with Gasteiger partial charge >= 0.3 is 106 Å². The molecule has 3 rings (SSSR count). The summed E-state index contributed by atoms with van der Waals surface area (Å²) in [4.78, 5) is 95.7. The second-order valence-corrected chi connectivity index (χ2v) is 10.8. The molecule has 368 valence electrons. The number of carbonyl (C=O) groups excluding carboxylic acids is 8. The van der Waals surface area contributed by atoms with Crippen molar-refractivity contribution >= 4 is 134 Å². The van der Waals surface area contributed by atoms with Gasteiger partial charge in [0.2, 0.25) is 24.4 Å². The molecular formula is C35H63F4K2LiN10O14. The van der Waals surface area contributed by atoms with Crippen molar-refractivity contribution in [3.63, 3.8) is 0 Å². The number of carboxylic acid groups (broad SMARTS) is 1. The molecule has 0 aliphatic carbocycles. The Morgan fingerprint density at radius 2 is 1.05 bits per heavy atom. The quantitative estimate of drug-likeness (QED) is 0.0222. The van der Waals surface area contributed by atoms with E-state index < -0.39 is 72.6 Å². The molecule has 66 heavy (non-hydrogen) atoms. The zero-order valence-electron chi connectivity index (χ0n) is 39.4. The van der Waals surface area contributed by atoms with E-state index in [1.54, 1.807) is 20.8 Å². The predicted molar refractivity (Wildman–Crippen MR) is 230 cm³/mol. The number of halogens is 4. The molecule has 0 radical (unpaired) electrons. The van der Waals surface area contributed by atoms with Gasteiger partial charge in [0, 0.05) is 7.05 Å². The number of nitrogens with one attached hydrogen (secondary N) is 2.